The monoisotopic (exact) mass is 430 g/mol. The van der Waals surface area contributed by atoms with Gasteiger partial charge in [0, 0.05) is 16.0 Å². The van der Waals surface area contributed by atoms with Gasteiger partial charge in [-0.2, -0.15) is 0 Å². The molecule has 1 aliphatic rings. The number of aryl methyl sites for hydroxylation is 1. The lowest BCUT2D eigenvalue weighted by molar-refractivity contribution is 0.535. The number of hydrogen-bond donors (Lipinski definition) is 1. The minimum Gasteiger partial charge on any atom is -0.469 e. The lowest BCUT2D eigenvalue weighted by Gasteiger charge is -2.17. The van der Waals surface area contributed by atoms with Crippen LogP contribution in [-0.4, -0.2) is 14.9 Å². The summed E-state index contributed by atoms with van der Waals surface area (Å²) in [6, 6.07) is 10.9. The van der Waals surface area contributed by atoms with Crippen LogP contribution in [0.5, 0.6) is 0 Å². The number of hydrogen-bond acceptors (Lipinski definition) is 6. The number of nitrogens with one attached hydrogen (secondary N) is 1. The van der Waals surface area contributed by atoms with Crippen LogP contribution in [0.1, 0.15) is 11.5 Å². The van der Waals surface area contributed by atoms with Crippen molar-refractivity contribution >= 4 is 40.7 Å². The van der Waals surface area contributed by atoms with Gasteiger partial charge in [0.1, 0.15) is 17.2 Å². The molecule has 6 nitrogen and oxygen atoms in total. The summed E-state index contributed by atoms with van der Waals surface area (Å²) in [5.41, 5.74) is 5.70. The molecule has 0 saturated heterocycles. The molecule has 0 unspecified atom stereocenters. The van der Waals surface area contributed by atoms with Crippen molar-refractivity contribution in [2.45, 2.75) is 12.1 Å². The molecule has 4 heterocycles. The first kappa shape index (κ1) is 17.5. The molecule has 0 atom stereocenters. The van der Waals surface area contributed by atoms with E-state index in [0.717, 1.165) is 27.7 Å². The van der Waals surface area contributed by atoms with Gasteiger partial charge in [-0.05, 0) is 43.3 Å². The van der Waals surface area contributed by atoms with Gasteiger partial charge in [0.15, 0.2) is 11.6 Å². The summed E-state index contributed by atoms with van der Waals surface area (Å²) in [7, 11) is 0. The Bertz CT molecular complexity index is 1220. The van der Waals surface area contributed by atoms with Crippen LogP contribution in [0.4, 0.5) is 0 Å². The van der Waals surface area contributed by atoms with E-state index in [2.05, 4.69) is 15.6 Å². The SMILES string of the molecule is Cc1occc1-c1nnc2n1NC(c1ccc(-c3cc(Cl)ccc3Cl)o1)=CS2. The summed E-state index contributed by atoms with van der Waals surface area (Å²) in [6.45, 7) is 1.89. The standard InChI is InChI=1S/C19H12Cl2N4O2S/c1-10-12(6-7-26-10)18-22-23-19-25(18)24-15(9-28-19)17-5-4-16(27-17)13-8-11(20)2-3-14(13)21/h2-9,24H,1H3. The van der Waals surface area contributed by atoms with E-state index in [1.165, 1.54) is 11.8 Å². The lowest BCUT2D eigenvalue weighted by Crippen LogP contribution is -2.18. The molecule has 1 aromatic carbocycles. The molecule has 28 heavy (non-hydrogen) atoms. The number of nitrogens with zero attached hydrogens (tertiary/aromatic N) is 3. The first-order valence-electron chi connectivity index (χ1n) is 8.29. The molecule has 3 aromatic heterocycles. The summed E-state index contributed by atoms with van der Waals surface area (Å²) in [5, 5.41) is 12.3. The van der Waals surface area contributed by atoms with E-state index in [1.54, 1.807) is 24.5 Å². The molecular weight excluding hydrogens is 419 g/mol. The second-order valence-electron chi connectivity index (χ2n) is 6.08. The highest BCUT2D eigenvalue weighted by Gasteiger charge is 2.23. The third kappa shape index (κ3) is 2.92. The molecule has 0 amide bonds. The second-order valence-corrected chi connectivity index (χ2v) is 7.76. The number of fused-ring (bicyclic) bond motifs is 1. The van der Waals surface area contributed by atoms with E-state index in [-0.39, 0.29) is 0 Å². The predicted octanol–water partition coefficient (Wildman–Crippen LogP) is 6.06. The molecule has 1 N–H and O–H groups in total. The molecule has 0 bridgehead atoms. The fourth-order valence-corrected chi connectivity index (χ4v) is 4.02. The van der Waals surface area contributed by atoms with Gasteiger partial charge in [0.05, 0.1) is 16.8 Å². The Morgan fingerprint density at radius 2 is 1.89 bits per heavy atom. The number of thioether (sulfide) groups is 1. The van der Waals surface area contributed by atoms with E-state index < -0.39 is 0 Å². The molecule has 140 valence electrons. The van der Waals surface area contributed by atoms with Crippen molar-refractivity contribution in [3.05, 3.63) is 69.6 Å². The molecule has 1 aliphatic heterocycles. The van der Waals surface area contributed by atoms with Crippen molar-refractivity contribution in [2.75, 3.05) is 5.43 Å². The minimum absolute atomic E-state index is 0.573. The van der Waals surface area contributed by atoms with Crippen LogP contribution in [0.3, 0.4) is 0 Å². The van der Waals surface area contributed by atoms with Gasteiger partial charge in [0.25, 0.3) is 0 Å². The molecule has 0 fully saturated rings. The summed E-state index contributed by atoms with van der Waals surface area (Å²) < 4.78 is 13.2. The fraction of sp³-hybridized carbons (Fsp3) is 0.0526. The largest absolute Gasteiger partial charge is 0.469 e. The lowest BCUT2D eigenvalue weighted by atomic mass is 10.2. The van der Waals surface area contributed by atoms with Crippen molar-refractivity contribution in [1.29, 1.82) is 0 Å². The second kappa shape index (κ2) is 6.77. The Labute approximate surface area is 174 Å². The Kier molecular flexibility index (Phi) is 4.23. The Morgan fingerprint density at radius 1 is 1.04 bits per heavy atom. The Hall–Kier alpha value is -2.61. The molecular formula is C19H12Cl2N4O2S. The van der Waals surface area contributed by atoms with Crippen molar-refractivity contribution in [3.8, 4) is 22.7 Å². The van der Waals surface area contributed by atoms with E-state index >= 15 is 0 Å². The zero-order valence-electron chi connectivity index (χ0n) is 14.4. The van der Waals surface area contributed by atoms with E-state index in [0.29, 0.717) is 27.4 Å². The average molecular weight is 431 g/mol. The van der Waals surface area contributed by atoms with E-state index in [1.807, 2.05) is 35.2 Å². The molecule has 9 heteroatoms. The summed E-state index contributed by atoms with van der Waals surface area (Å²) in [5.74, 6) is 2.74. The summed E-state index contributed by atoms with van der Waals surface area (Å²) >= 11 is 13.8. The topological polar surface area (TPSA) is 69.0 Å². The van der Waals surface area contributed by atoms with E-state index in [4.69, 9.17) is 32.0 Å². The Morgan fingerprint density at radius 3 is 2.71 bits per heavy atom. The van der Waals surface area contributed by atoms with Crippen LogP contribution in [-0.2, 0) is 0 Å². The fourth-order valence-electron chi connectivity index (χ4n) is 2.92. The molecule has 0 saturated carbocycles. The highest BCUT2D eigenvalue weighted by Crippen LogP contribution is 2.36. The zero-order chi connectivity index (χ0) is 19.3. The highest BCUT2D eigenvalue weighted by molar-refractivity contribution is 8.02. The van der Waals surface area contributed by atoms with Crippen molar-refractivity contribution < 1.29 is 8.83 Å². The maximum absolute atomic E-state index is 6.29. The predicted molar refractivity (Wildman–Crippen MR) is 110 cm³/mol. The Balaban J connectivity index is 1.48. The first-order chi connectivity index (χ1) is 13.6. The van der Waals surface area contributed by atoms with E-state index in [9.17, 15) is 0 Å². The minimum atomic E-state index is 0.573. The molecule has 0 spiro atoms. The van der Waals surface area contributed by atoms with Gasteiger partial charge in [-0.1, -0.05) is 35.0 Å². The molecule has 0 aliphatic carbocycles. The third-order valence-corrected chi connectivity index (χ3v) is 5.71. The van der Waals surface area contributed by atoms with Gasteiger partial charge in [-0.25, -0.2) is 4.68 Å². The van der Waals surface area contributed by atoms with Crippen LogP contribution >= 0.6 is 35.0 Å². The molecule has 0 radical (unpaired) electrons. The average Bonchev–Trinajstić information content (AvgIpc) is 3.42. The number of furan rings is 2. The maximum Gasteiger partial charge on any atom is 0.214 e. The van der Waals surface area contributed by atoms with Crippen LogP contribution in [0.25, 0.3) is 28.4 Å². The number of halogens is 2. The van der Waals surface area contributed by atoms with Gasteiger partial charge < -0.3 is 8.83 Å². The smallest absolute Gasteiger partial charge is 0.214 e. The van der Waals surface area contributed by atoms with Crippen molar-refractivity contribution in [3.63, 3.8) is 0 Å². The van der Waals surface area contributed by atoms with Gasteiger partial charge >= 0.3 is 0 Å². The third-order valence-electron chi connectivity index (χ3n) is 4.31. The van der Waals surface area contributed by atoms with Gasteiger partial charge in [-0.3, -0.25) is 5.43 Å². The van der Waals surface area contributed by atoms with Crippen LogP contribution in [0.15, 0.2) is 62.1 Å². The molecule has 4 aromatic rings. The quantitative estimate of drug-likeness (QED) is 0.425. The van der Waals surface area contributed by atoms with Crippen LogP contribution < -0.4 is 5.43 Å². The molecule has 5 rings (SSSR count). The highest BCUT2D eigenvalue weighted by atomic mass is 35.5. The maximum atomic E-state index is 6.29. The van der Waals surface area contributed by atoms with Gasteiger partial charge in [-0.15, -0.1) is 10.2 Å². The van der Waals surface area contributed by atoms with Gasteiger partial charge in [0.2, 0.25) is 5.16 Å². The number of benzene rings is 1. The van der Waals surface area contributed by atoms with Crippen molar-refractivity contribution in [2.24, 2.45) is 0 Å². The number of aromatic nitrogens is 3. The first-order valence-corrected chi connectivity index (χ1v) is 9.93. The van der Waals surface area contributed by atoms with Crippen molar-refractivity contribution in [1.82, 2.24) is 14.9 Å². The van der Waals surface area contributed by atoms with Crippen LogP contribution in [0.2, 0.25) is 10.0 Å². The normalized spacial score (nSPS) is 13.2. The zero-order valence-corrected chi connectivity index (χ0v) is 16.8. The van der Waals surface area contributed by atoms with Crippen LogP contribution in [0, 0.1) is 6.92 Å². The summed E-state index contributed by atoms with van der Waals surface area (Å²) in [4.78, 5) is 0. The number of rotatable bonds is 3. The summed E-state index contributed by atoms with van der Waals surface area (Å²) in [6.07, 6.45) is 1.63.